The number of hydrogen-bond donors (Lipinski definition) is 2. The first-order valence-electron chi connectivity index (χ1n) is 7.54. The topological polar surface area (TPSA) is 106 Å². The van der Waals surface area contributed by atoms with Crippen LogP contribution in [0.15, 0.2) is 24.3 Å². The summed E-state index contributed by atoms with van der Waals surface area (Å²) < 4.78 is 4.49. The molecule has 1 amide bonds. The maximum Gasteiger partial charge on any atom is 0.308 e. The van der Waals surface area contributed by atoms with Crippen LogP contribution in [0.25, 0.3) is 11.3 Å². The van der Waals surface area contributed by atoms with E-state index in [0.29, 0.717) is 15.7 Å². The number of aryl methyl sites for hydroxylation is 1. The fourth-order valence-electron chi connectivity index (χ4n) is 2.10. The van der Waals surface area contributed by atoms with Gasteiger partial charge in [-0.05, 0) is 6.92 Å². The fourth-order valence-corrected chi connectivity index (χ4v) is 3.09. The molecule has 0 aliphatic rings. The number of carboxylic acids is 1. The van der Waals surface area contributed by atoms with Gasteiger partial charge in [0, 0.05) is 16.9 Å². The van der Waals surface area contributed by atoms with Crippen molar-refractivity contribution >= 4 is 34.3 Å². The Bertz CT molecular complexity index is 783. The van der Waals surface area contributed by atoms with Crippen molar-refractivity contribution in [1.29, 1.82) is 0 Å². The molecule has 0 spiro atoms. The molecule has 0 fully saturated rings. The number of rotatable bonds is 7. The van der Waals surface area contributed by atoms with Crippen molar-refractivity contribution in [1.82, 2.24) is 4.98 Å². The minimum Gasteiger partial charge on any atom is -0.481 e. The third-order valence-corrected chi connectivity index (χ3v) is 4.34. The van der Waals surface area contributed by atoms with Crippen molar-refractivity contribution in [3.8, 4) is 11.3 Å². The second-order valence-corrected chi connectivity index (χ2v) is 6.44. The summed E-state index contributed by atoms with van der Waals surface area (Å²) in [5.74, 6) is -1.82. The Morgan fingerprint density at radius 1 is 1.20 bits per heavy atom. The number of methoxy groups -OCH3 is 1. The highest BCUT2D eigenvalue weighted by molar-refractivity contribution is 7.16. The first kappa shape index (κ1) is 18.6. The number of carboxylic acid groups (broad SMARTS) is 1. The molecular weight excluding hydrogens is 344 g/mol. The summed E-state index contributed by atoms with van der Waals surface area (Å²) in [4.78, 5) is 39.0. The lowest BCUT2D eigenvalue weighted by molar-refractivity contribution is -0.141. The minimum absolute atomic E-state index is 0.0273. The zero-order chi connectivity index (χ0) is 18.4. The number of aliphatic carboxylic acids is 1. The Morgan fingerprint density at radius 2 is 1.88 bits per heavy atom. The van der Waals surface area contributed by atoms with Crippen LogP contribution >= 0.6 is 11.3 Å². The van der Waals surface area contributed by atoms with Crippen LogP contribution in [0.2, 0.25) is 0 Å². The van der Waals surface area contributed by atoms with E-state index in [1.165, 1.54) is 7.11 Å². The Kier molecular flexibility index (Phi) is 6.24. The van der Waals surface area contributed by atoms with Gasteiger partial charge in [-0.25, -0.2) is 4.98 Å². The van der Waals surface area contributed by atoms with Crippen LogP contribution < -0.4 is 5.32 Å². The average Bonchev–Trinajstić information content (AvgIpc) is 2.94. The van der Waals surface area contributed by atoms with Crippen molar-refractivity contribution in [2.45, 2.75) is 26.2 Å². The highest BCUT2D eigenvalue weighted by Gasteiger charge is 2.17. The zero-order valence-corrected chi connectivity index (χ0v) is 14.7. The van der Waals surface area contributed by atoms with E-state index < -0.39 is 11.9 Å². The van der Waals surface area contributed by atoms with Crippen molar-refractivity contribution in [3.05, 3.63) is 34.7 Å². The number of amides is 1. The highest BCUT2D eigenvalue weighted by atomic mass is 32.1. The predicted octanol–water partition coefficient (Wildman–Crippen LogP) is 2.64. The van der Waals surface area contributed by atoms with E-state index in [2.05, 4.69) is 15.0 Å². The van der Waals surface area contributed by atoms with Crippen molar-refractivity contribution < 1.29 is 24.2 Å². The van der Waals surface area contributed by atoms with Crippen LogP contribution in [0.1, 0.15) is 23.3 Å². The number of aromatic nitrogens is 1. The number of nitrogens with one attached hydrogen (secondary N) is 1. The van der Waals surface area contributed by atoms with Crippen LogP contribution in [-0.4, -0.2) is 35.0 Å². The van der Waals surface area contributed by atoms with Crippen molar-refractivity contribution in [2.24, 2.45) is 0 Å². The average molecular weight is 362 g/mol. The molecule has 1 heterocycles. The molecule has 0 radical (unpaired) electrons. The number of anilines is 1. The van der Waals surface area contributed by atoms with Gasteiger partial charge in [0.1, 0.15) is 0 Å². The molecule has 0 unspecified atom stereocenters. The summed E-state index contributed by atoms with van der Waals surface area (Å²) in [6, 6.07) is 7.54. The first-order valence-corrected chi connectivity index (χ1v) is 8.36. The van der Waals surface area contributed by atoms with Crippen molar-refractivity contribution in [3.63, 3.8) is 0 Å². The van der Waals surface area contributed by atoms with Crippen LogP contribution in [-0.2, 0) is 25.5 Å². The van der Waals surface area contributed by atoms with Gasteiger partial charge in [0.05, 0.1) is 25.6 Å². The molecule has 0 saturated heterocycles. The van der Waals surface area contributed by atoms with Gasteiger partial charge in [-0.1, -0.05) is 29.8 Å². The minimum atomic E-state index is -0.972. The van der Waals surface area contributed by atoms with Gasteiger partial charge in [-0.2, -0.15) is 0 Å². The van der Waals surface area contributed by atoms with E-state index in [4.69, 9.17) is 5.11 Å². The van der Waals surface area contributed by atoms with Gasteiger partial charge in [0.2, 0.25) is 5.91 Å². The van der Waals surface area contributed by atoms with Crippen molar-refractivity contribution in [2.75, 3.05) is 12.4 Å². The monoisotopic (exact) mass is 362 g/mol. The normalized spacial score (nSPS) is 10.3. The summed E-state index contributed by atoms with van der Waals surface area (Å²) in [5.41, 5.74) is 2.40. The van der Waals surface area contributed by atoms with Gasteiger partial charge in [-0.15, -0.1) is 11.3 Å². The second-order valence-electron chi connectivity index (χ2n) is 5.35. The molecule has 132 valence electrons. The number of hydrogen-bond acceptors (Lipinski definition) is 6. The van der Waals surface area contributed by atoms with Crippen LogP contribution in [0.5, 0.6) is 0 Å². The summed E-state index contributed by atoms with van der Waals surface area (Å²) in [6.45, 7) is 1.95. The Balaban J connectivity index is 2.19. The highest BCUT2D eigenvalue weighted by Crippen LogP contribution is 2.32. The van der Waals surface area contributed by atoms with Gasteiger partial charge in [0.25, 0.3) is 0 Å². The number of esters is 1. The SMILES string of the molecule is COC(=O)CCC(=O)Nc1nc(-c2ccc(C)cc2)c(CC(=O)O)s1. The zero-order valence-electron chi connectivity index (χ0n) is 13.9. The molecule has 7 nitrogen and oxygen atoms in total. The lowest BCUT2D eigenvalue weighted by Crippen LogP contribution is -2.13. The molecule has 0 atom stereocenters. The lowest BCUT2D eigenvalue weighted by Gasteiger charge is -2.01. The molecule has 0 saturated carbocycles. The van der Waals surface area contributed by atoms with Gasteiger partial charge in [-0.3, -0.25) is 14.4 Å². The summed E-state index contributed by atoms with van der Waals surface area (Å²) in [6.07, 6.45) is -0.236. The van der Waals surface area contributed by atoms with E-state index in [0.717, 1.165) is 22.5 Å². The molecule has 8 heteroatoms. The molecule has 0 aliphatic carbocycles. The number of carbonyl (C=O) groups is 3. The molecule has 2 rings (SSSR count). The van der Waals surface area contributed by atoms with E-state index in [1.807, 2.05) is 31.2 Å². The molecule has 1 aromatic heterocycles. The quantitative estimate of drug-likeness (QED) is 0.734. The molecule has 25 heavy (non-hydrogen) atoms. The largest absolute Gasteiger partial charge is 0.481 e. The second kappa shape index (κ2) is 8.39. The van der Waals surface area contributed by atoms with Gasteiger partial charge >= 0.3 is 11.9 Å². The number of benzene rings is 1. The van der Waals surface area contributed by atoms with E-state index in [-0.39, 0.29) is 25.2 Å². The third-order valence-electron chi connectivity index (χ3n) is 3.36. The number of nitrogens with zero attached hydrogens (tertiary/aromatic N) is 1. The predicted molar refractivity (Wildman–Crippen MR) is 93.5 cm³/mol. The molecule has 1 aromatic carbocycles. The van der Waals surface area contributed by atoms with Gasteiger partial charge < -0.3 is 15.2 Å². The Hall–Kier alpha value is -2.74. The smallest absolute Gasteiger partial charge is 0.308 e. The third kappa shape index (κ3) is 5.39. The summed E-state index contributed by atoms with van der Waals surface area (Å²) >= 11 is 1.12. The van der Waals surface area contributed by atoms with E-state index in [1.54, 1.807) is 0 Å². The van der Waals surface area contributed by atoms with Crippen LogP contribution in [0.3, 0.4) is 0 Å². The van der Waals surface area contributed by atoms with Gasteiger partial charge in [0.15, 0.2) is 5.13 Å². The number of carbonyl (C=O) groups excluding carboxylic acids is 2. The fraction of sp³-hybridized carbons (Fsp3) is 0.294. The van der Waals surface area contributed by atoms with Crippen LogP contribution in [0.4, 0.5) is 5.13 Å². The molecule has 0 bridgehead atoms. The molecular formula is C17H18N2O5S. The lowest BCUT2D eigenvalue weighted by atomic mass is 10.1. The first-order chi connectivity index (χ1) is 11.9. The summed E-state index contributed by atoms with van der Waals surface area (Å²) in [7, 11) is 1.26. The molecule has 2 N–H and O–H groups in total. The molecule has 0 aliphatic heterocycles. The maximum atomic E-state index is 11.9. The Labute approximate surface area is 148 Å². The number of thiazole rings is 1. The summed E-state index contributed by atoms with van der Waals surface area (Å²) in [5, 5.41) is 12.0. The van der Waals surface area contributed by atoms with Crippen LogP contribution in [0, 0.1) is 6.92 Å². The van der Waals surface area contributed by atoms with E-state index in [9.17, 15) is 14.4 Å². The Morgan fingerprint density at radius 3 is 2.48 bits per heavy atom. The number of ether oxygens (including phenoxy) is 1. The molecule has 2 aromatic rings. The maximum absolute atomic E-state index is 11.9. The van der Waals surface area contributed by atoms with E-state index >= 15 is 0 Å². The standard InChI is InChI=1S/C17H18N2O5S/c1-10-3-5-11(6-4-10)16-12(9-14(21)22)25-17(19-16)18-13(20)7-8-15(23)24-2/h3-6H,7-9H2,1-2H3,(H,21,22)(H,18,19,20).